The molecule has 0 aliphatic carbocycles. The van der Waals surface area contributed by atoms with Crippen LogP contribution in [0.2, 0.25) is 0 Å². The van der Waals surface area contributed by atoms with Crippen LogP contribution < -0.4 is 5.32 Å². The predicted octanol–water partition coefficient (Wildman–Crippen LogP) is 4.44. The number of hydrogen-bond donors (Lipinski definition) is 1. The van der Waals surface area contributed by atoms with Crippen molar-refractivity contribution in [1.82, 2.24) is 4.98 Å². The minimum absolute atomic E-state index is 0.341. The Morgan fingerprint density at radius 3 is 2.73 bits per heavy atom. The van der Waals surface area contributed by atoms with Gasteiger partial charge in [0.25, 0.3) is 5.91 Å². The van der Waals surface area contributed by atoms with E-state index in [0.717, 1.165) is 39.5 Å². The van der Waals surface area contributed by atoms with Crippen molar-refractivity contribution < 1.29 is 13.6 Å². The number of fused-ring (bicyclic) bond motifs is 1. The van der Waals surface area contributed by atoms with E-state index in [-0.39, 0.29) is 5.56 Å². The van der Waals surface area contributed by atoms with E-state index in [1.165, 1.54) is 11.3 Å². The molecule has 112 valence electrons. The van der Waals surface area contributed by atoms with Gasteiger partial charge in [-0.3, -0.25) is 10.1 Å². The fraction of sp³-hybridized carbons (Fsp3) is 0.125. The summed E-state index contributed by atoms with van der Waals surface area (Å²) in [4.78, 5) is 16.4. The molecule has 6 heteroatoms. The highest BCUT2D eigenvalue weighted by atomic mass is 32.1. The molecule has 0 bridgehead atoms. The molecular formula is C16H12F2N2OS. The molecule has 0 atom stereocenters. The third-order valence-corrected chi connectivity index (χ3v) is 4.14. The average molecular weight is 318 g/mol. The zero-order chi connectivity index (χ0) is 15.9. The fourth-order valence-corrected chi connectivity index (χ4v) is 3.30. The number of halogens is 2. The second kappa shape index (κ2) is 5.46. The molecule has 0 saturated heterocycles. The molecule has 3 rings (SSSR count). The molecule has 0 spiro atoms. The number of carbonyl (C=O) groups excluding carboxylic acids is 1. The summed E-state index contributed by atoms with van der Waals surface area (Å²) >= 11 is 1.30. The molecule has 0 saturated carbocycles. The molecule has 2 aromatic carbocycles. The zero-order valence-corrected chi connectivity index (χ0v) is 12.7. The van der Waals surface area contributed by atoms with Crippen LogP contribution in [0.3, 0.4) is 0 Å². The summed E-state index contributed by atoms with van der Waals surface area (Å²) < 4.78 is 27.7. The Labute approximate surface area is 129 Å². The monoisotopic (exact) mass is 318 g/mol. The third-order valence-electron chi connectivity index (χ3n) is 3.22. The number of anilines is 1. The van der Waals surface area contributed by atoms with E-state index in [4.69, 9.17) is 0 Å². The predicted molar refractivity (Wildman–Crippen MR) is 83.4 cm³/mol. The highest BCUT2D eigenvalue weighted by Gasteiger charge is 2.15. The van der Waals surface area contributed by atoms with Crippen molar-refractivity contribution in [3.63, 3.8) is 0 Å². The Hall–Kier alpha value is -2.34. The Balaban J connectivity index is 1.94. The summed E-state index contributed by atoms with van der Waals surface area (Å²) in [5.74, 6) is -2.15. The molecule has 0 radical (unpaired) electrons. The van der Waals surface area contributed by atoms with Gasteiger partial charge in [-0.15, -0.1) is 0 Å². The molecule has 1 amide bonds. The number of aromatic nitrogens is 1. The minimum atomic E-state index is -0.771. The van der Waals surface area contributed by atoms with Crippen molar-refractivity contribution in [2.24, 2.45) is 0 Å². The van der Waals surface area contributed by atoms with E-state index >= 15 is 0 Å². The molecule has 0 unspecified atom stereocenters. The lowest BCUT2D eigenvalue weighted by Gasteiger charge is -2.03. The quantitative estimate of drug-likeness (QED) is 0.759. The van der Waals surface area contributed by atoms with Gasteiger partial charge >= 0.3 is 0 Å². The van der Waals surface area contributed by atoms with Crippen LogP contribution in [-0.2, 0) is 0 Å². The van der Waals surface area contributed by atoms with Crippen molar-refractivity contribution in [2.75, 3.05) is 5.32 Å². The number of rotatable bonds is 2. The van der Waals surface area contributed by atoms with E-state index in [1.807, 2.05) is 26.0 Å². The minimum Gasteiger partial charge on any atom is -0.298 e. The Morgan fingerprint density at radius 2 is 1.95 bits per heavy atom. The molecule has 3 aromatic rings. The smallest absolute Gasteiger partial charge is 0.260 e. The molecule has 1 aromatic heterocycles. The van der Waals surface area contributed by atoms with Crippen molar-refractivity contribution in [3.8, 4) is 0 Å². The summed E-state index contributed by atoms with van der Waals surface area (Å²) in [7, 11) is 0. The van der Waals surface area contributed by atoms with Crippen LogP contribution in [0.4, 0.5) is 13.9 Å². The number of nitrogens with zero attached hydrogens (tertiary/aromatic N) is 1. The van der Waals surface area contributed by atoms with Gasteiger partial charge in [0.1, 0.15) is 11.6 Å². The number of nitrogens with one attached hydrogen (secondary N) is 1. The zero-order valence-electron chi connectivity index (χ0n) is 11.9. The lowest BCUT2D eigenvalue weighted by molar-refractivity contribution is 0.102. The number of amides is 1. The van der Waals surface area contributed by atoms with Crippen LogP contribution in [0.25, 0.3) is 10.2 Å². The largest absolute Gasteiger partial charge is 0.298 e. The lowest BCUT2D eigenvalue weighted by Crippen LogP contribution is -2.13. The van der Waals surface area contributed by atoms with Crippen molar-refractivity contribution in [1.29, 1.82) is 0 Å². The number of hydrogen-bond acceptors (Lipinski definition) is 3. The lowest BCUT2D eigenvalue weighted by atomic mass is 10.1. The SMILES string of the molecule is Cc1cc(C)c2nc(NC(=O)c3cc(F)ccc3F)sc2c1. The van der Waals surface area contributed by atoms with E-state index < -0.39 is 17.5 Å². The van der Waals surface area contributed by atoms with Crippen LogP contribution in [0, 0.1) is 25.5 Å². The van der Waals surface area contributed by atoms with Gasteiger partial charge in [0.2, 0.25) is 0 Å². The number of carbonyl (C=O) groups is 1. The van der Waals surface area contributed by atoms with Crippen molar-refractivity contribution >= 4 is 32.6 Å². The fourth-order valence-electron chi connectivity index (χ4n) is 2.26. The van der Waals surface area contributed by atoms with Crippen LogP contribution in [-0.4, -0.2) is 10.9 Å². The van der Waals surface area contributed by atoms with Gasteiger partial charge in [-0.05, 0) is 49.2 Å². The Kier molecular flexibility index (Phi) is 3.62. The van der Waals surface area contributed by atoms with Crippen molar-refractivity contribution in [2.45, 2.75) is 13.8 Å². The van der Waals surface area contributed by atoms with Crippen molar-refractivity contribution in [3.05, 3.63) is 58.7 Å². The normalized spacial score (nSPS) is 10.9. The second-order valence-corrected chi connectivity index (χ2v) is 6.06. The molecule has 1 N–H and O–H groups in total. The van der Waals surface area contributed by atoms with Crippen LogP contribution in [0.1, 0.15) is 21.5 Å². The number of aryl methyl sites for hydroxylation is 2. The van der Waals surface area contributed by atoms with Crippen LogP contribution >= 0.6 is 11.3 Å². The first kappa shape index (κ1) is 14.6. The first-order valence-corrected chi connectivity index (χ1v) is 7.40. The standard InChI is InChI=1S/C16H12F2N2OS/c1-8-5-9(2)14-13(6-8)22-16(19-14)20-15(21)11-7-10(17)3-4-12(11)18/h3-7H,1-2H3,(H,19,20,21). The highest BCUT2D eigenvalue weighted by molar-refractivity contribution is 7.22. The molecule has 22 heavy (non-hydrogen) atoms. The molecule has 0 fully saturated rings. The van der Waals surface area contributed by atoms with Gasteiger partial charge in [-0.1, -0.05) is 17.4 Å². The summed E-state index contributed by atoms with van der Waals surface area (Å²) in [5.41, 5.74) is 2.56. The van der Waals surface area contributed by atoms with Gasteiger partial charge in [-0.2, -0.15) is 0 Å². The summed E-state index contributed by atoms with van der Waals surface area (Å²) in [5, 5.41) is 2.88. The van der Waals surface area contributed by atoms with E-state index in [0.29, 0.717) is 5.13 Å². The Morgan fingerprint density at radius 1 is 1.18 bits per heavy atom. The third kappa shape index (κ3) is 2.69. The molecule has 3 nitrogen and oxygen atoms in total. The van der Waals surface area contributed by atoms with E-state index in [9.17, 15) is 13.6 Å². The topological polar surface area (TPSA) is 42.0 Å². The molecule has 0 aliphatic heterocycles. The molecule has 1 heterocycles. The van der Waals surface area contributed by atoms with Gasteiger partial charge in [-0.25, -0.2) is 13.8 Å². The molecule has 0 aliphatic rings. The first-order valence-electron chi connectivity index (χ1n) is 6.58. The van der Waals surface area contributed by atoms with Gasteiger partial charge in [0.15, 0.2) is 5.13 Å². The number of benzene rings is 2. The maximum atomic E-state index is 13.6. The summed E-state index contributed by atoms with van der Waals surface area (Å²) in [6.45, 7) is 3.92. The van der Waals surface area contributed by atoms with Gasteiger partial charge in [0.05, 0.1) is 15.8 Å². The van der Waals surface area contributed by atoms with E-state index in [2.05, 4.69) is 10.3 Å². The number of thiazole rings is 1. The molecular weight excluding hydrogens is 306 g/mol. The van der Waals surface area contributed by atoms with Crippen LogP contribution in [0.5, 0.6) is 0 Å². The second-order valence-electron chi connectivity index (χ2n) is 5.03. The summed E-state index contributed by atoms with van der Waals surface area (Å²) in [6, 6.07) is 6.73. The van der Waals surface area contributed by atoms with Gasteiger partial charge < -0.3 is 0 Å². The summed E-state index contributed by atoms with van der Waals surface area (Å²) in [6.07, 6.45) is 0. The average Bonchev–Trinajstić information content (AvgIpc) is 2.84. The highest BCUT2D eigenvalue weighted by Crippen LogP contribution is 2.29. The van der Waals surface area contributed by atoms with E-state index in [1.54, 1.807) is 0 Å². The maximum Gasteiger partial charge on any atom is 0.260 e. The Bertz CT molecular complexity index is 889. The van der Waals surface area contributed by atoms with Gasteiger partial charge in [0, 0.05) is 0 Å². The van der Waals surface area contributed by atoms with Crippen LogP contribution in [0.15, 0.2) is 30.3 Å². The maximum absolute atomic E-state index is 13.6. The first-order chi connectivity index (χ1) is 10.4.